The van der Waals surface area contributed by atoms with Gasteiger partial charge in [0.1, 0.15) is 5.60 Å². The van der Waals surface area contributed by atoms with E-state index in [1.54, 1.807) is 6.08 Å². The third-order valence-corrected chi connectivity index (χ3v) is 9.42. The topological polar surface area (TPSA) is 138 Å². The van der Waals surface area contributed by atoms with E-state index < -0.39 is 41.4 Å². The molecule has 8 heteroatoms. The lowest BCUT2D eigenvalue weighted by Gasteiger charge is -2.60. The van der Waals surface area contributed by atoms with Crippen molar-refractivity contribution in [1.82, 2.24) is 0 Å². The zero-order valence-corrected chi connectivity index (χ0v) is 19.3. The Labute approximate surface area is 193 Å². The van der Waals surface area contributed by atoms with Gasteiger partial charge in [-0.2, -0.15) is 0 Å². The number of allylic oxidation sites excluding steroid dienone is 1. The first kappa shape index (κ1) is 24.1. The van der Waals surface area contributed by atoms with Crippen molar-refractivity contribution in [3.05, 3.63) is 11.6 Å². The number of aliphatic hydroxyl groups is 2. The molecule has 0 aliphatic heterocycles. The number of ether oxygens (including phenoxy) is 1. The third-order valence-electron chi connectivity index (χ3n) is 9.42. The summed E-state index contributed by atoms with van der Waals surface area (Å²) in [4.78, 5) is 47.5. The van der Waals surface area contributed by atoms with Crippen LogP contribution in [-0.2, 0) is 23.9 Å². The number of esters is 1. The molecule has 0 amide bonds. The van der Waals surface area contributed by atoms with Crippen LogP contribution in [0, 0.1) is 28.6 Å². The van der Waals surface area contributed by atoms with Gasteiger partial charge in [-0.3, -0.25) is 19.2 Å². The highest BCUT2D eigenvalue weighted by Gasteiger charge is 2.68. The molecule has 0 bridgehead atoms. The predicted molar refractivity (Wildman–Crippen MR) is 116 cm³/mol. The van der Waals surface area contributed by atoms with Crippen molar-refractivity contribution in [3.63, 3.8) is 0 Å². The van der Waals surface area contributed by atoms with Crippen LogP contribution in [0.15, 0.2) is 11.6 Å². The summed E-state index contributed by atoms with van der Waals surface area (Å²) < 4.78 is 4.97. The van der Waals surface area contributed by atoms with Gasteiger partial charge in [0.2, 0.25) is 5.78 Å². The summed E-state index contributed by atoms with van der Waals surface area (Å²) >= 11 is 0. The minimum absolute atomic E-state index is 0.0185. The molecule has 8 nitrogen and oxygen atoms in total. The summed E-state index contributed by atoms with van der Waals surface area (Å²) in [6.07, 6.45) is 4.30. The second-order valence-corrected chi connectivity index (χ2v) is 11.0. The maximum atomic E-state index is 13.1. The van der Waals surface area contributed by atoms with Crippen LogP contribution in [0.25, 0.3) is 0 Å². The van der Waals surface area contributed by atoms with Gasteiger partial charge in [0.05, 0.1) is 18.9 Å². The van der Waals surface area contributed by atoms with E-state index in [1.807, 2.05) is 6.92 Å². The predicted octanol–water partition coefficient (Wildman–Crippen LogP) is 2.20. The molecule has 3 saturated carbocycles. The van der Waals surface area contributed by atoms with Crippen LogP contribution < -0.4 is 0 Å². The van der Waals surface area contributed by atoms with Crippen LogP contribution >= 0.6 is 0 Å². The Balaban J connectivity index is 1.53. The van der Waals surface area contributed by atoms with Crippen molar-refractivity contribution >= 4 is 23.5 Å². The van der Waals surface area contributed by atoms with Crippen LogP contribution in [0.1, 0.15) is 71.6 Å². The molecule has 0 aromatic carbocycles. The molecule has 3 fully saturated rings. The minimum Gasteiger partial charge on any atom is -0.481 e. The monoisotopic (exact) mass is 462 g/mol. The molecule has 7 atom stereocenters. The summed E-state index contributed by atoms with van der Waals surface area (Å²) in [6, 6.07) is 0. The number of hydrogen-bond acceptors (Lipinski definition) is 7. The summed E-state index contributed by atoms with van der Waals surface area (Å²) in [5.74, 6) is -2.20. The van der Waals surface area contributed by atoms with Crippen molar-refractivity contribution in [2.45, 2.75) is 83.3 Å². The van der Waals surface area contributed by atoms with Crippen molar-refractivity contribution in [1.29, 1.82) is 0 Å². The van der Waals surface area contributed by atoms with Gasteiger partial charge in [-0.05, 0) is 67.8 Å². The lowest BCUT2D eigenvalue weighted by atomic mass is 9.45. The van der Waals surface area contributed by atoms with Gasteiger partial charge in [-0.15, -0.1) is 0 Å². The van der Waals surface area contributed by atoms with E-state index in [9.17, 15) is 29.4 Å². The second kappa shape index (κ2) is 8.31. The molecule has 182 valence electrons. The van der Waals surface area contributed by atoms with Crippen LogP contribution in [0.5, 0.6) is 0 Å². The van der Waals surface area contributed by atoms with Crippen molar-refractivity contribution in [3.8, 4) is 0 Å². The van der Waals surface area contributed by atoms with E-state index in [0.29, 0.717) is 12.8 Å². The van der Waals surface area contributed by atoms with Crippen LogP contribution in [0.3, 0.4) is 0 Å². The van der Waals surface area contributed by atoms with Gasteiger partial charge >= 0.3 is 11.9 Å². The highest BCUT2D eigenvalue weighted by molar-refractivity contribution is 5.92. The van der Waals surface area contributed by atoms with Crippen molar-refractivity contribution in [2.75, 3.05) is 6.61 Å². The minimum atomic E-state index is -1.71. The zero-order chi connectivity index (χ0) is 24.2. The maximum absolute atomic E-state index is 13.1. The Hall–Kier alpha value is -2.06. The molecular formula is C25H34O8. The van der Waals surface area contributed by atoms with Gasteiger partial charge in [0.25, 0.3) is 0 Å². The molecule has 0 radical (unpaired) electrons. The van der Waals surface area contributed by atoms with E-state index in [0.717, 1.165) is 24.8 Å². The number of carbonyl (C=O) groups is 4. The highest BCUT2D eigenvalue weighted by Crippen LogP contribution is 2.67. The number of hydrogen-bond donors (Lipinski definition) is 3. The Kier molecular flexibility index (Phi) is 6.06. The molecule has 33 heavy (non-hydrogen) atoms. The standard InChI is InChI=1S/C25H34O8/c1-23-9-7-15(26)11-14(23)3-4-16-17-8-10-25(32,24(17,2)12-18(27)22(16)23)19(28)13-33-21(31)6-5-20(29)30/h11,16-18,22,27,32H,3-10,12-13H2,1-2H3,(H,29,30)/t16-,17?,18?,22?,23-,24-,25-/m0/s1. The van der Waals surface area contributed by atoms with Crippen LogP contribution in [0.2, 0.25) is 0 Å². The molecule has 3 unspecified atom stereocenters. The normalized spacial score (nSPS) is 41.9. The number of aliphatic carboxylic acids is 1. The number of ketones is 2. The fourth-order valence-corrected chi connectivity index (χ4v) is 7.70. The van der Waals surface area contributed by atoms with Gasteiger partial charge in [-0.25, -0.2) is 0 Å². The Bertz CT molecular complexity index is 908. The number of rotatable bonds is 6. The largest absolute Gasteiger partial charge is 0.481 e. The maximum Gasteiger partial charge on any atom is 0.306 e. The van der Waals surface area contributed by atoms with Gasteiger partial charge in [0.15, 0.2) is 12.4 Å². The lowest BCUT2D eigenvalue weighted by molar-refractivity contribution is -0.184. The van der Waals surface area contributed by atoms with E-state index in [4.69, 9.17) is 9.84 Å². The quantitative estimate of drug-likeness (QED) is 0.511. The summed E-state index contributed by atoms with van der Waals surface area (Å²) in [7, 11) is 0. The van der Waals surface area contributed by atoms with Crippen molar-refractivity contribution < 1.29 is 39.2 Å². The van der Waals surface area contributed by atoms with E-state index in [-0.39, 0.29) is 54.6 Å². The first-order chi connectivity index (χ1) is 15.4. The van der Waals surface area contributed by atoms with Gasteiger partial charge in [0, 0.05) is 11.8 Å². The molecule has 4 aliphatic carbocycles. The molecule has 3 N–H and O–H groups in total. The molecule has 0 aromatic rings. The SMILES string of the molecule is C[C@]12CCC(=O)C=C1CC[C@@H]1C2C(O)C[C@@]2(C)C1CC[C@]2(O)C(=O)COC(=O)CCC(=O)O. The van der Waals surface area contributed by atoms with Gasteiger partial charge < -0.3 is 20.1 Å². The van der Waals surface area contributed by atoms with E-state index in [2.05, 4.69) is 6.92 Å². The zero-order valence-electron chi connectivity index (χ0n) is 19.3. The average Bonchev–Trinajstić information content (AvgIpc) is 3.02. The molecule has 4 aliphatic rings. The molecule has 0 spiro atoms. The Morgan fingerprint density at radius 2 is 1.85 bits per heavy atom. The molecule has 0 saturated heterocycles. The number of carboxylic acid groups (broad SMARTS) is 1. The van der Waals surface area contributed by atoms with E-state index >= 15 is 0 Å². The van der Waals surface area contributed by atoms with Crippen molar-refractivity contribution in [2.24, 2.45) is 28.6 Å². The first-order valence-electron chi connectivity index (χ1n) is 12.0. The molecule has 0 heterocycles. The fraction of sp³-hybridized carbons (Fsp3) is 0.760. The van der Waals surface area contributed by atoms with Gasteiger partial charge in [-0.1, -0.05) is 19.4 Å². The summed E-state index contributed by atoms with van der Waals surface area (Å²) in [5, 5.41) is 31.6. The number of Topliss-reactive ketones (excluding diaryl/α,β-unsaturated/α-hetero) is 1. The summed E-state index contributed by atoms with van der Waals surface area (Å²) in [5.41, 5.74) is -1.68. The first-order valence-corrected chi connectivity index (χ1v) is 12.0. The van der Waals surface area contributed by atoms with E-state index in [1.165, 1.54) is 0 Å². The number of carboxylic acids is 1. The molecule has 0 aromatic heterocycles. The molecular weight excluding hydrogens is 428 g/mol. The average molecular weight is 463 g/mol. The number of aliphatic hydroxyl groups excluding tert-OH is 1. The smallest absolute Gasteiger partial charge is 0.306 e. The lowest BCUT2D eigenvalue weighted by Crippen LogP contribution is -2.62. The Morgan fingerprint density at radius 3 is 2.55 bits per heavy atom. The number of carbonyl (C=O) groups excluding carboxylic acids is 3. The molecule has 4 rings (SSSR count). The Morgan fingerprint density at radius 1 is 1.12 bits per heavy atom. The summed E-state index contributed by atoms with van der Waals surface area (Å²) in [6.45, 7) is 3.41. The number of fused-ring (bicyclic) bond motifs is 5. The third kappa shape index (κ3) is 3.75. The van der Waals surface area contributed by atoms with Crippen LogP contribution in [-0.4, -0.2) is 57.1 Å². The second-order valence-electron chi connectivity index (χ2n) is 11.0. The highest BCUT2D eigenvalue weighted by atomic mass is 16.5. The fourth-order valence-electron chi connectivity index (χ4n) is 7.70. The van der Waals surface area contributed by atoms with Crippen LogP contribution in [0.4, 0.5) is 0 Å².